The molecule has 0 bridgehead atoms. The highest BCUT2D eigenvalue weighted by atomic mass is 17.0. The van der Waals surface area contributed by atoms with E-state index in [1.54, 1.807) is 0 Å². The molecule has 0 radical (unpaired) electrons. The summed E-state index contributed by atoms with van der Waals surface area (Å²) in [5.41, 5.74) is 0. The number of nitrogens with zero attached hydrogens (tertiary/aromatic N) is 2. The van der Waals surface area contributed by atoms with Crippen LogP contribution in [0.15, 0.2) is 0 Å². The predicted octanol–water partition coefficient (Wildman–Crippen LogP) is 1.99. The van der Waals surface area contributed by atoms with E-state index in [9.17, 15) is 20.2 Å². The molecule has 8 heteroatoms. The molecule has 0 atom stereocenters. The number of hydrogen-bond donors (Lipinski definition) is 0. The van der Waals surface area contributed by atoms with Gasteiger partial charge < -0.3 is 9.68 Å². The Labute approximate surface area is 93.7 Å². The Kier molecular flexibility index (Phi) is 12.1. The van der Waals surface area contributed by atoms with Crippen molar-refractivity contribution in [2.45, 2.75) is 46.1 Å². The van der Waals surface area contributed by atoms with Crippen LogP contribution in [-0.2, 0) is 9.68 Å². The van der Waals surface area contributed by atoms with Gasteiger partial charge in [-0.1, -0.05) is 20.8 Å². The Bertz CT molecular complexity index is 195. The fraction of sp³-hybridized carbons (Fsp3) is 1.00. The SMILES string of the molecule is CCC(CC)O[N+](=O)[O-].CCCO[N+](=O)[O-]. The van der Waals surface area contributed by atoms with Gasteiger partial charge in [0.2, 0.25) is 0 Å². The Morgan fingerprint density at radius 2 is 1.56 bits per heavy atom. The zero-order chi connectivity index (χ0) is 13.0. The maximum atomic E-state index is 9.71. The second-order valence-electron chi connectivity index (χ2n) is 2.82. The Hall–Kier alpha value is -1.60. The first kappa shape index (κ1) is 16.8. The third kappa shape index (κ3) is 14.9. The van der Waals surface area contributed by atoms with Gasteiger partial charge in [-0.25, -0.2) is 0 Å². The molecule has 0 aliphatic heterocycles. The fourth-order valence-electron chi connectivity index (χ4n) is 0.725. The predicted molar refractivity (Wildman–Crippen MR) is 55.7 cm³/mol. The van der Waals surface area contributed by atoms with Gasteiger partial charge in [0.25, 0.3) is 10.2 Å². The molecule has 0 N–H and O–H groups in total. The first-order valence-corrected chi connectivity index (χ1v) is 5.06. The lowest BCUT2D eigenvalue weighted by Gasteiger charge is -2.07. The molecule has 0 aliphatic rings. The van der Waals surface area contributed by atoms with Gasteiger partial charge >= 0.3 is 0 Å². The van der Waals surface area contributed by atoms with E-state index in [-0.39, 0.29) is 12.7 Å². The average Bonchev–Trinajstić information content (AvgIpc) is 2.23. The van der Waals surface area contributed by atoms with Crippen LogP contribution in [0.2, 0.25) is 0 Å². The summed E-state index contributed by atoms with van der Waals surface area (Å²) in [5.74, 6) is 0. The summed E-state index contributed by atoms with van der Waals surface area (Å²) < 4.78 is 0. The van der Waals surface area contributed by atoms with Crippen LogP contribution in [0.4, 0.5) is 0 Å². The van der Waals surface area contributed by atoms with Gasteiger partial charge in [-0.2, -0.15) is 0 Å². The van der Waals surface area contributed by atoms with Crippen molar-refractivity contribution in [3.8, 4) is 0 Å². The van der Waals surface area contributed by atoms with E-state index in [1.165, 1.54) is 0 Å². The molecule has 0 saturated heterocycles. The molecule has 8 nitrogen and oxygen atoms in total. The third-order valence-corrected chi connectivity index (χ3v) is 1.55. The van der Waals surface area contributed by atoms with Crippen LogP contribution in [0, 0.1) is 20.2 Å². The molecular weight excluding hydrogens is 220 g/mol. The van der Waals surface area contributed by atoms with Crippen LogP contribution in [0.3, 0.4) is 0 Å². The minimum absolute atomic E-state index is 0.201. The molecule has 0 aromatic heterocycles. The molecule has 0 heterocycles. The lowest BCUT2D eigenvalue weighted by Crippen LogP contribution is -2.14. The minimum Gasteiger partial charge on any atom is -0.314 e. The monoisotopic (exact) mass is 238 g/mol. The van der Waals surface area contributed by atoms with E-state index in [2.05, 4.69) is 9.68 Å². The topological polar surface area (TPSA) is 105 Å². The van der Waals surface area contributed by atoms with E-state index >= 15 is 0 Å². The Balaban J connectivity index is 0. The minimum atomic E-state index is -0.788. The van der Waals surface area contributed by atoms with Gasteiger partial charge in [-0.3, -0.25) is 0 Å². The Morgan fingerprint density at radius 1 is 1.06 bits per heavy atom. The first-order valence-electron chi connectivity index (χ1n) is 5.06. The Morgan fingerprint density at radius 3 is 1.69 bits per heavy atom. The van der Waals surface area contributed by atoms with Gasteiger partial charge in [0.15, 0.2) is 0 Å². The van der Waals surface area contributed by atoms with E-state index in [4.69, 9.17) is 0 Å². The van der Waals surface area contributed by atoms with Crippen LogP contribution >= 0.6 is 0 Å². The normalized spacial score (nSPS) is 9.00. The summed E-state index contributed by atoms with van der Waals surface area (Å²) in [5, 5.41) is 17.5. The highest BCUT2D eigenvalue weighted by Crippen LogP contribution is 2.01. The maximum Gasteiger partial charge on any atom is 0.294 e. The first-order chi connectivity index (χ1) is 7.47. The fourth-order valence-corrected chi connectivity index (χ4v) is 0.725. The van der Waals surface area contributed by atoms with Crippen LogP contribution < -0.4 is 0 Å². The molecule has 0 aromatic rings. The van der Waals surface area contributed by atoms with Gasteiger partial charge in [-0.05, 0) is 19.3 Å². The van der Waals surface area contributed by atoms with E-state index < -0.39 is 10.2 Å². The van der Waals surface area contributed by atoms with E-state index in [0.717, 1.165) is 0 Å². The van der Waals surface area contributed by atoms with Crippen molar-refractivity contribution in [2.75, 3.05) is 6.61 Å². The zero-order valence-corrected chi connectivity index (χ0v) is 9.75. The summed E-state index contributed by atoms with van der Waals surface area (Å²) in [6.07, 6.45) is 1.84. The lowest BCUT2D eigenvalue weighted by atomic mass is 10.2. The molecular formula is C8H18N2O6. The molecule has 0 aromatic carbocycles. The van der Waals surface area contributed by atoms with Crippen molar-refractivity contribution in [3.05, 3.63) is 20.2 Å². The largest absolute Gasteiger partial charge is 0.314 e. The maximum absolute atomic E-state index is 9.71. The highest BCUT2D eigenvalue weighted by Gasteiger charge is 2.06. The molecule has 96 valence electrons. The van der Waals surface area contributed by atoms with Gasteiger partial charge in [0.05, 0.1) is 6.61 Å². The average molecular weight is 238 g/mol. The van der Waals surface area contributed by atoms with Crippen molar-refractivity contribution in [3.63, 3.8) is 0 Å². The van der Waals surface area contributed by atoms with Crippen molar-refractivity contribution >= 4 is 0 Å². The second kappa shape index (κ2) is 11.5. The smallest absolute Gasteiger partial charge is 0.294 e. The summed E-state index contributed by atoms with van der Waals surface area (Å²) in [6, 6.07) is 0. The van der Waals surface area contributed by atoms with Crippen molar-refractivity contribution < 1.29 is 19.8 Å². The zero-order valence-electron chi connectivity index (χ0n) is 9.75. The van der Waals surface area contributed by atoms with Gasteiger partial charge in [0, 0.05) is 0 Å². The van der Waals surface area contributed by atoms with Gasteiger partial charge in [0.1, 0.15) is 6.10 Å². The van der Waals surface area contributed by atoms with Crippen LogP contribution in [0.25, 0.3) is 0 Å². The molecule has 0 rings (SSSR count). The van der Waals surface area contributed by atoms with E-state index in [0.29, 0.717) is 19.3 Å². The molecule has 0 amide bonds. The summed E-state index contributed by atoms with van der Waals surface area (Å²) in [7, 11) is 0. The van der Waals surface area contributed by atoms with Crippen molar-refractivity contribution in [1.29, 1.82) is 0 Å². The van der Waals surface area contributed by atoms with Crippen molar-refractivity contribution in [2.24, 2.45) is 0 Å². The second-order valence-corrected chi connectivity index (χ2v) is 2.82. The standard InChI is InChI=1S/C5H11NO3.C3H7NO3/c1-3-5(4-2)9-6(7)8;1-2-3-7-4(5)6/h5H,3-4H2,1-2H3;2-3H2,1H3. The van der Waals surface area contributed by atoms with Gasteiger partial charge in [-0.15, -0.1) is 20.2 Å². The number of rotatable bonds is 7. The number of hydrogen-bond acceptors (Lipinski definition) is 6. The molecule has 16 heavy (non-hydrogen) atoms. The van der Waals surface area contributed by atoms with Crippen LogP contribution in [0.1, 0.15) is 40.0 Å². The molecule has 0 unspecified atom stereocenters. The summed E-state index contributed by atoms with van der Waals surface area (Å²) in [4.78, 5) is 27.2. The molecule has 0 spiro atoms. The third-order valence-electron chi connectivity index (χ3n) is 1.55. The van der Waals surface area contributed by atoms with Crippen molar-refractivity contribution in [1.82, 2.24) is 0 Å². The highest BCUT2D eigenvalue weighted by molar-refractivity contribution is 4.46. The molecule has 0 fully saturated rings. The summed E-state index contributed by atoms with van der Waals surface area (Å²) in [6.45, 7) is 5.73. The van der Waals surface area contributed by atoms with Crippen LogP contribution in [-0.4, -0.2) is 22.9 Å². The quantitative estimate of drug-likeness (QED) is 0.496. The molecule has 0 saturated carbocycles. The summed E-state index contributed by atoms with van der Waals surface area (Å²) >= 11 is 0. The molecule has 0 aliphatic carbocycles. The van der Waals surface area contributed by atoms with Crippen LogP contribution in [0.5, 0.6) is 0 Å². The van der Waals surface area contributed by atoms with E-state index in [1.807, 2.05) is 20.8 Å². The lowest BCUT2D eigenvalue weighted by molar-refractivity contribution is -0.768.